The van der Waals surface area contributed by atoms with Crippen molar-refractivity contribution in [2.75, 3.05) is 45.7 Å². The van der Waals surface area contributed by atoms with E-state index < -0.39 is 6.04 Å². The van der Waals surface area contributed by atoms with Crippen LogP contribution in [0.5, 0.6) is 0 Å². The number of rotatable bonds is 11. The molecule has 2 aromatic carbocycles. The summed E-state index contributed by atoms with van der Waals surface area (Å²) >= 11 is 3.82. The van der Waals surface area contributed by atoms with Gasteiger partial charge in [-0.25, -0.2) is 9.79 Å². The maximum absolute atomic E-state index is 13.5. The second kappa shape index (κ2) is 14.9. The first-order valence-electron chi connectivity index (χ1n) is 13.0. The molecule has 1 unspecified atom stereocenters. The van der Waals surface area contributed by atoms with Crippen molar-refractivity contribution in [2.24, 2.45) is 4.99 Å². The Hall–Kier alpha value is -1.88. The summed E-state index contributed by atoms with van der Waals surface area (Å²) in [6.07, 6.45) is 7.47. The van der Waals surface area contributed by atoms with E-state index in [1.165, 1.54) is 36.6 Å². The van der Waals surface area contributed by atoms with Crippen LogP contribution in [-0.2, 0) is 20.7 Å². The fraction of sp³-hybridized carbons (Fsp3) is 0.448. The highest BCUT2D eigenvalue weighted by atomic mass is 127. The molecule has 0 radical (unpaired) electrons. The van der Waals surface area contributed by atoms with Gasteiger partial charge in [0.25, 0.3) is 0 Å². The molecular weight excluding hydrogens is 597 g/mol. The number of carbonyl (C=O) groups is 1. The molecule has 0 saturated carbocycles. The van der Waals surface area contributed by atoms with Gasteiger partial charge in [0.05, 0.1) is 31.1 Å². The number of carbonyl (C=O) groups excluding carboxylic acids is 1. The van der Waals surface area contributed by atoms with E-state index in [0.29, 0.717) is 25.4 Å². The first-order chi connectivity index (χ1) is 18.1. The van der Waals surface area contributed by atoms with Crippen LogP contribution in [0.4, 0.5) is 0 Å². The lowest BCUT2D eigenvalue weighted by atomic mass is 9.96. The van der Waals surface area contributed by atoms with Gasteiger partial charge in [0, 0.05) is 10.1 Å². The smallest absolute Gasteiger partial charge is 0.338 e. The summed E-state index contributed by atoms with van der Waals surface area (Å²) < 4.78 is 13.0. The maximum Gasteiger partial charge on any atom is 0.338 e. The van der Waals surface area contributed by atoms with Crippen molar-refractivity contribution >= 4 is 45.5 Å². The number of piperidine rings is 1. The van der Waals surface area contributed by atoms with Gasteiger partial charge >= 0.3 is 5.97 Å². The van der Waals surface area contributed by atoms with Crippen LogP contribution in [0.25, 0.3) is 0 Å². The number of amidine groups is 1. The van der Waals surface area contributed by atoms with E-state index in [9.17, 15) is 4.79 Å². The second-order valence-electron chi connectivity index (χ2n) is 9.29. The molecular formula is C29H36IN3O3S. The maximum atomic E-state index is 13.5. The quantitative estimate of drug-likeness (QED) is 0.198. The summed E-state index contributed by atoms with van der Waals surface area (Å²) in [4.78, 5) is 20.8. The van der Waals surface area contributed by atoms with E-state index in [2.05, 4.69) is 44.9 Å². The molecule has 0 amide bonds. The van der Waals surface area contributed by atoms with Crippen molar-refractivity contribution in [3.8, 4) is 0 Å². The molecule has 1 fully saturated rings. The third kappa shape index (κ3) is 8.56. The first kappa shape index (κ1) is 28.1. The molecule has 37 heavy (non-hydrogen) atoms. The fourth-order valence-electron chi connectivity index (χ4n) is 4.63. The number of esters is 1. The zero-order valence-electron chi connectivity index (χ0n) is 21.5. The molecule has 0 aromatic heterocycles. The van der Waals surface area contributed by atoms with E-state index in [1.54, 1.807) is 0 Å². The predicted octanol–water partition coefficient (Wildman–Crippen LogP) is 5.59. The van der Waals surface area contributed by atoms with Crippen LogP contribution in [0, 0.1) is 3.57 Å². The Labute approximate surface area is 238 Å². The summed E-state index contributed by atoms with van der Waals surface area (Å²) in [6, 6.07) is 18.0. The molecule has 2 aliphatic rings. The molecule has 2 aromatic rings. The van der Waals surface area contributed by atoms with Crippen LogP contribution in [0.3, 0.4) is 0 Å². The Morgan fingerprint density at radius 3 is 2.57 bits per heavy atom. The van der Waals surface area contributed by atoms with Gasteiger partial charge in [-0.1, -0.05) is 60.6 Å². The van der Waals surface area contributed by atoms with Gasteiger partial charge in [0.2, 0.25) is 0 Å². The number of nitrogens with one attached hydrogen (secondary N) is 1. The summed E-state index contributed by atoms with van der Waals surface area (Å²) in [7, 11) is 0. The largest absolute Gasteiger partial charge is 0.462 e. The molecule has 8 heteroatoms. The number of halogens is 1. The minimum Gasteiger partial charge on any atom is -0.462 e. The average molecular weight is 634 g/mol. The van der Waals surface area contributed by atoms with Crippen molar-refractivity contribution in [1.82, 2.24) is 10.2 Å². The molecule has 1 atom stereocenters. The Kier molecular flexibility index (Phi) is 11.3. The Bertz CT molecular complexity index is 1070. The van der Waals surface area contributed by atoms with Gasteiger partial charge in [-0.3, -0.25) is 0 Å². The molecule has 2 heterocycles. The van der Waals surface area contributed by atoms with Gasteiger partial charge in [0.15, 0.2) is 5.17 Å². The van der Waals surface area contributed by atoms with E-state index in [-0.39, 0.29) is 5.97 Å². The SMILES string of the molecule is CSC1=NC(c2ccc(I)cc2)C(C(=O)OCCCc2ccccc2)=C(COCCN2CCCCC2)N1. The number of nitrogens with zero attached hydrogens (tertiary/aromatic N) is 2. The van der Waals surface area contributed by atoms with E-state index >= 15 is 0 Å². The summed E-state index contributed by atoms with van der Waals surface area (Å²) in [6.45, 7) is 4.51. The van der Waals surface area contributed by atoms with E-state index in [0.717, 1.165) is 52.5 Å². The number of hydrogen-bond acceptors (Lipinski definition) is 7. The zero-order chi connectivity index (χ0) is 25.9. The molecule has 0 spiro atoms. The molecule has 0 bridgehead atoms. The number of hydrogen-bond donors (Lipinski definition) is 1. The normalized spacial score (nSPS) is 18.3. The van der Waals surface area contributed by atoms with Crippen molar-refractivity contribution in [3.05, 3.63) is 80.6 Å². The third-order valence-electron chi connectivity index (χ3n) is 6.63. The van der Waals surface area contributed by atoms with Crippen molar-refractivity contribution < 1.29 is 14.3 Å². The van der Waals surface area contributed by atoms with Crippen LogP contribution < -0.4 is 5.32 Å². The standard InChI is InChI=1S/C29H36IN3O3S/c1-37-29-31-25(21-35-20-18-33-16-6-3-7-17-33)26(27(32-29)23-12-14-24(30)15-13-23)28(34)36-19-8-11-22-9-4-2-5-10-22/h2,4-5,9-10,12-15,27H,3,6-8,11,16-21H2,1H3,(H,31,32). The van der Waals surface area contributed by atoms with Crippen LogP contribution in [0.1, 0.15) is 42.9 Å². The van der Waals surface area contributed by atoms with Crippen LogP contribution in [0.2, 0.25) is 0 Å². The minimum absolute atomic E-state index is 0.322. The van der Waals surface area contributed by atoms with Crippen LogP contribution in [0.15, 0.2) is 70.9 Å². The van der Waals surface area contributed by atoms with Crippen LogP contribution in [-0.4, -0.2) is 61.7 Å². The lowest BCUT2D eigenvalue weighted by molar-refractivity contribution is -0.139. The highest BCUT2D eigenvalue weighted by Gasteiger charge is 2.32. The molecule has 198 valence electrons. The van der Waals surface area contributed by atoms with Gasteiger partial charge in [-0.05, 0) is 90.9 Å². The fourth-order valence-corrected chi connectivity index (χ4v) is 5.42. The molecule has 2 aliphatic heterocycles. The summed E-state index contributed by atoms with van der Waals surface area (Å²) in [5.74, 6) is -0.331. The molecule has 0 aliphatic carbocycles. The lowest BCUT2D eigenvalue weighted by Gasteiger charge is -2.28. The van der Waals surface area contributed by atoms with Gasteiger partial charge < -0.3 is 19.7 Å². The Morgan fingerprint density at radius 1 is 1.08 bits per heavy atom. The van der Waals surface area contributed by atoms with Gasteiger partial charge in [-0.15, -0.1) is 0 Å². The lowest BCUT2D eigenvalue weighted by Crippen LogP contribution is -2.35. The van der Waals surface area contributed by atoms with Gasteiger partial charge in [0.1, 0.15) is 6.04 Å². The third-order valence-corrected chi connectivity index (χ3v) is 7.95. The van der Waals surface area contributed by atoms with Crippen molar-refractivity contribution in [1.29, 1.82) is 0 Å². The highest BCUT2D eigenvalue weighted by molar-refractivity contribution is 14.1. The topological polar surface area (TPSA) is 63.2 Å². The van der Waals surface area contributed by atoms with E-state index in [1.807, 2.05) is 48.7 Å². The molecule has 1 saturated heterocycles. The molecule has 6 nitrogen and oxygen atoms in total. The number of ether oxygens (including phenoxy) is 2. The average Bonchev–Trinajstić information content (AvgIpc) is 2.94. The summed E-state index contributed by atoms with van der Waals surface area (Å²) in [5.41, 5.74) is 3.49. The number of likely N-dealkylation sites (tertiary alicyclic amines) is 1. The molecule has 4 rings (SSSR count). The van der Waals surface area contributed by atoms with Crippen molar-refractivity contribution in [2.45, 2.75) is 38.1 Å². The minimum atomic E-state index is -0.428. The highest BCUT2D eigenvalue weighted by Crippen LogP contribution is 2.33. The van der Waals surface area contributed by atoms with Crippen LogP contribution >= 0.6 is 34.4 Å². The number of aliphatic imine (C=N–C) groups is 1. The molecule has 1 N–H and O–H groups in total. The van der Waals surface area contributed by atoms with E-state index in [4.69, 9.17) is 14.5 Å². The number of aryl methyl sites for hydroxylation is 1. The first-order valence-corrected chi connectivity index (χ1v) is 15.3. The monoisotopic (exact) mass is 633 g/mol. The summed E-state index contributed by atoms with van der Waals surface area (Å²) in [5, 5.41) is 4.13. The predicted molar refractivity (Wildman–Crippen MR) is 160 cm³/mol. The number of benzene rings is 2. The zero-order valence-corrected chi connectivity index (χ0v) is 24.4. The second-order valence-corrected chi connectivity index (χ2v) is 11.3. The Morgan fingerprint density at radius 2 is 1.84 bits per heavy atom. The Balaban J connectivity index is 1.46. The number of thioether (sulfide) groups is 1. The van der Waals surface area contributed by atoms with Gasteiger partial charge in [-0.2, -0.15) is 0 Å². The van der Waals surface area contributed by atoms with Crippen molar-refractivity contribution in [3.63, 3.8) is 0 Å².